The molecule has 0 saturated heterocycles. The summed E-state index contributed by atoms with van der Waals surface area (Å²) in [4.78, 5) is 12.5. The molecule has 1 rings (SSSR count). The van der Waals surface area contributed by atoms with E-state index in [2.05, 4.69) is 5.32 Å². The van der Waals surface area contributed by atoms with Gasteiger partial charge in [-0.05, 0) is 25.0 Å². The van der Waals surface area contributed by atoms with Crippen LogP contribution in [0.1, 0.15) is 33.1 Å². The fraction of sp³-hybridized carbons (Fsp3) is 0.533. The lowest BCUT2D eigenvalue weighted by Gasteiger charge is -2.31. The topological polar surface area (TPSA) is 55.1 Å². The molecule has 0 aliphatic heterocycles. The van der Waals surface area contributed by atoms with Gasteiger partial charge in [-0.1, -0.05) is 26.0 Å². The van der Waals surface area contributed by atoms with Crippen molar-refractivity contribution >= 4 is 17.7 Å². The molecule has 1 aromatic rings. The van der Waals surface area contributed by atoms with Crippen molar-refractivity contribution in [1.82, 2.24) is 5.32 Å². The molecule has 3 N–H and O–H groups in total. The maximum Gasteiger partial charge on any atom is 0.221 e. The van der Waals surface area contributed by atoms with Crippen LogP contribution >= 0.6 is 11.8 Å². The first-order chi connectivity index (χ1) is 9.56. The fourth-order valence-corrected chi connectivity index (χ4v) is 2.83. The van der Waals surface area contributed by atoms with Crippen LogP contribution in [-0.4, -0.2) is 23.7 Å². The number of rotatable bonds is 8. The standard InChI is InChI=1S/C15H23FN2OS/c1-3-15(4-2,11-17)18-14(19)9-10-20-13-8-6-5-7-12(13)16/h5-8H,3-4,9-11,17H2,1-2H3,(H,18,19). The van der Waals surface area contributed by atoms with Crippen LogP contribution in [0.15, 0.2) is 29.2 Å². The molecule has 0 fully saturated rings. The molecular formula is C15H23FN2OS. The maximum absolute atomic E-state index is 13.4. The van der Waals surface area contributed by atoms with E-state index in [0.29, 0.717) is 23.6 Å². The van der Waals surface area contributed by atoms with Gasteiger partial charge < -0.3 is 11.1 Å². The summed E-state index contributed by atoms with van der Waals surface area (Å²) in [7, 11) is 0. The number of hydrogen-bond donors (Lipinski definition) is 2. The average Bonchev–Trinajstić information content (AvgIpc) is 2.47. The van der Waals surface area contributed by atoms with Crippen LogP contribution in [0.2, 0.25) is 0 Å². The van der Waals surface area contributed by atoms with Gasteiger partial charge >= 0.3 is 0 Å². The van der Waals surface area contributed by atoms with Gasteiger partial charge in [0.2, 0.25) is 5.91 Å². The quantitative estimate of drug-likeness (QED) is 0.726. The van der Waals surface area contributed by atoms with E-state index in [9.17, 15) is 9.18 Å². The molecule has 112 valence electrons. The van der Waals surface area contributed by atoms with E-state index in [1.54, 1.807) is 18.2 Å². The molecule has 0 aliphatic rings. The lowest BCUT2D eigenvalue weighted by atomic mass is 9.93. The normalized spacial score (nSPS) is 11.4. The van der Waals surface area contributed by atoms with Crippen molar-refractivity contribution in [3.63, 3.8) is 0 Å². The van der Waals surface area contributed by atoms with Crippen LogP contribution in [0.4, 0.5) is 4.39 Å². The Morgan fingerprint density at radius 1 is 1.35 bits per heavy atom. The minimum Gasteiger partial charge on any atom is -0.349 e. The third-order valence-electron chi connectivity index (χ3n) is 3.57. The van der Waals surface area contributed by atoms with Crippen molar-refractivity contribution in [3.05, 3.63) is 30.1 Å². The summed E-state index contributed by atoms with van der Waals surface area (Å²) in [6, 6.07) is 6.60. The molecule has 0 aliphatic carbocycles. The number of amides is 1. The van der Waals surface area contributed by atoms with E-state index in [1.807, 2.05) is 13.8 Å². The van der Waals surface area contributed by atoms with E-state index in [0.717, 1.165) is 12.8 Å². The molecule has 0 radical (unpaired) electrons. The molecule has 3 nitrogen and oxygen atoms in total. The van der Waals surface area contributed by atoms with Crippen molar-refractivity contribution in [2.45, 2.75) is 43.5 Å². The van der Waals surface area contributed by atoms with Crippen LogP contribution < -0.4 is 11.1 Å². The highest BCUT2D eigenvalue weighted by atomic mass is 32.2. The molecule has 0 aromatic heterocycles. The molecule has 20 heavy (non-hydrogen) atoms. The summed E-state index contributed by atoms with van der Waals surface area (Å²) >= 11 is 1.36. The lowest BCUT2D eigenvalue weighted by molar-refractivity contribution is -0.122. The first-order valence-corrected chi connectivity index (χ1v) is 7.94. The summed E-state index contributed by atoms with van der Waals surface area (Å²) in [5.74, 6) is 0.292. The number of carbonyl (C=O) groups excluding carboxylic acids is 1. The Morgan fingerprint density at radius 2 is 2.00 bits per heavy atom. The second kappa shape index (κ2) is 8.27. The van der Waals surface area contributed by atoms with Gasteiger partial charge in [0.15, 0.2) is 0 Å². The molecule has 0 unspecified atom stereocenters. The van der Waals surface area contributed by atoms with Gasteiger partial charge in [0.25, 0.3) is 0 Å². The largest absolute Gasteiger partial charge is 0.349 e. The summed E-state index contributed by atoms with van der Waals surface area (Å²) in [6.07, 6.45) is 1.99. The van der Waals surface area contributed by atoms with Crippen LogP contribution in [-0.2, 0) is 4.79 Å². The summed E-state index contributed by atoms with van der Waals surface area (Å²) < 4.78 is 13.4. The Balaban J connectivity index is 2.42. The SMILES string of the molecule is CCC(CC)(CN)NC(=O)CCSc1ccccc1F. The minimum atomic E-state index is -0.306. The van der Waals surface area contributed by atoms with E-state index >= 15 is 0 Å². The van der Waals surface area contributed by atoms with Gasteiger partial charge in [0.05, 0.1) is 5.54 Å². The number of nitrogens with two attached hydrogens (primary N) is 1. The molecule has 1 aromatic carbocycles. The highest BCUT2D eigenvalue weighted by molar-refractivity contribution is 7.99. The summed E-state index contributed by atoms with van der Waals surface area (Å²) in [6.45, 7) is 4.47. The molecule has 0 spiro atoms. The highest BCUT2D eigenvalue weighted by Crippen LogP contribution is 2.22. The second-order valence-electron chi connectivity index (χ2n) is 4.77. The molecule has 0 saturated carbocycles. The van der Waals surface area contributed by atoms with Crippen molar-refractivity contribution in [1.29, 1.82) is 0 Å². The average molecular weight is 298 g/mol. The Hall–Kier alpha value is -1.07. The number of hydrogen-bond acceptors (Lipinski definition) is 3. The molecule has 5 heteroatoms. The number of halogens is 1. The fourth-order valence-electron chi connectivity index (χ4n) is 1.94. The van der Waals surface area contributed by atoms with Crippen molar-refractivity contribution in [2.75, 3.05) is 12.3 Å². The number of benzene rings is 1. The zero-order chi connectivity index (χ0) is 15.0. The van der Waals surface area contributed by atoms with Gasteiger partial charge in [0.1, 0.15) is 5.82 Å². The predicted molar refractivity (Wildman–Crippen MR) is 82.3 cm³/mol. The number of nitrogens with one attached hydrogen (secondary N) is 1. The van der Waals surface area contributed by atoms with Gasteiger partial charge in [-0.15, -0.1) is 11.8 Å². The zero-order valence-electron chi connectivity index (χ0n) is 12.1. The minimum absolute atomic E-state index is 0.0250. The number of thioether (sulfide) groups is 1. The Labute approximate surface area is 124 Å². The van der Waals surface area contributed by atoms with Gasteiger partial charge in [-0.25, -0.2) is 4.39 Å². The van der Waals surface area contributed by atoms with Crippen LogP contribution in [0.25, 0.3) is 0 Å². The van der Waals surface area contributed by atoms with E-state index in [1.165, 1.54) is 17.8 Å². The van der Waals surface area contributed by atoms with Gasteiger partial charge in [-0.2, -0.15) is 0 Å². The highest BCUT2D eigenvalue weighted by Gasteiger charge is 2.25. The maximum atomic E-state index is 13.4. The van der Waals surface area contributed by atoms with Crippen LogP contribution in [0.5, 0.6) is 0 Å². The van der Waals surface area contributed by atoms with E-state index < -0.39 is 0 Å². The number of carbonyl (C=O) groups is 1. The van der Waals surface area contributed by atoms with Crippen molar-refractivity contribution in [3.8, 4) is 0 Å². The second-order valence-corrected chi connectivity index (χ2v) is 5.91. The van der Waals surface area contributed by atoms with Crippen LogP contribution in [0.3, 0.4) is 0 Å². The third kappa shape index (κ3) is 4.80. The Bertz CT molecular complexity index is 427. The molecule has 0 atom stereocenters. The monoisotopic (exact) mass is 298 g/mol. The molecule has 0 bridgehead atoms. The van der Waals surface area contributed by atoms with Crippen LogP contribution in [0, 0.1) is 5.82 Å². The Kier molecular flexibility index (Phi) is 7.02. The molecular weight excluding hydrogens is 275 g/mol. The van der Waals surface area contributed by atoms with Gasteiger partial charge in [-0.3, -0.25) is 4.79 Å². The third-order valence-corrected chi connectivity index (χ3v) is 4.62. The zero-order valence-corrected chi connectivity index (χ0v) is 12.9. The van der Waals surface area contributed by atoms with Crippen molar-refractivity contribution < 1.29 is 9.18 Å². The van der Waals surface area contributed by atoms with E-state index in [-0.39, 0.29) is 17.3 Å². The Morgan fingerprint density at radius 3 is 2.55 bits per heavy atom. The predicted octanol–water partition coefficient (Wildman–Crippen LogP) is 2.94. The lowest BCUT2D eigenvalue weighted by Crippen LogP contribution is -2.52. The first kappa shape index (κ1) is 17.0. The van der Waals surface area contributed by atoms with E-state index in [4.69, 9.17) is 5.73 Å². The van der Waals surface area contributed by atoms with Gasteiger partial charge in [0, 0.05) is 23.6 Å². The summed E-state index contributed by atoms with van der Waals surface area (Å²) in [5, 5.41) is 3.01. The first-order valence-electron chi connectivity index (χ1n) is 6.95. The smallest absolute Gasteiger partial charge is 0.221 e. The summed E-state index contributed by atoms with van der Waals surface area (Å²) in [5.41, 5.74) is 5.44. The molecule has 1 amide bonds. The molecule has 0 heterocycles. The van der Waals surface area contributed by atoms with Crippen molar-refractivity contribution in [2.24, 2.45) is 5.73 Å².